The molecule has 4 aromatic rings. The molecule has 4 aromatic carbocycles. The molecule has 1 atom stereocenters. The molecule has 196 valence electrons. The van der Waals surface area contributed by atoms with Gasteiger partial charge in [-0.2, -0.15) is 4.31 Å². The second kappa shape index (κ2) is 9.25. The van der Waals surface area contributed by atoms with Crippen LogP contribution in [0.3, 0.4) is 0 Å². The normalized spacial score (nSPS) is 16.9. The number of carbonyl (C=O) groups is 3. The van der Waals surface area contributed by atoms with Crippen LogP contribution in [0.1, 0.15) is 55.5 Å². The first kappa shape index (κ1) is 25.2. The summed E-state index contributed by atoms with van der Waals surface area (Å²) in [5.74, 6) is -1.04. The van der Waals surface area contributed by atoms with Crippen LogP contribution in [0.15, 0.2) is 77.7 Å². The molecule has 1 heterocycles. The van der Waals surface area contributed by atoms with Gasteiger partial charge >= 0.3 is 5.97 Å². The Labute approximate surface area is 226 Å². The highest BCUT2D eigenvalue weighted by Gasteiger charge is 2.41. The van der Waals surface area contributed by atoms with Gasteiger partial charge in [0.1, 0.15) is 6.04 Å². The lowest BCUT2D eigenvalue weighted by Gasteiger charge is -2.34. The summed E-state index contributed by atoms with van der Waals surface area (Å²) in [4.78, 5) is 39.6. The van der Waals surface area contributed by atoms with Crippen LogP contribution < -0.4 is 0 Å². The van der Waals surface area contributed by atoms with E-state index in [9.17, 15) is 22.8 Å². The third kappa shape index (κ3) is 4.07. The van der Waals surface area contributed by atoms with E-state index in [0.29, 0.717) is 22.3 Å². The van der Waals surface area contributed by atoms with Gasteiger partial charge in [-0.05, 0) is 66.1 Å². The highest BCUT2D eigenvalue weighted by molar-refractivity contribution is 7.89. The van der Waals surface area contributed by atoms with Crippen LogP contribution in [0.5, 0.6) is 0 Å². The van der Waals surface area contributed by atoms with Crippen molar-refractivity contribution in [2.75, 3.05) is 6.61 Å². The summed E-state index contributed by atoms with van der Waals surface area (Å²) < 4.78 is 33.9. The van der Waals surface area contributed by atoms with Crippen molar-refractivity contribution in [3.63, 3.8) is 0 Å². The fourth-order valence-corrected chi connectivity index (χ4v) is 7.01. The van der Waals surface area contributed by atoms with Crippen molar-refractivity contribution in [2.24, 2.45) is 0 Å². The molecule has 1 aliphatic heterocycles. The van der Waals surface area contributed by atoms with Crippen molar-refractivity contribution in [1.82, 2.24) is 4.31 Å². The molecule has 7 nitrogen and oxygen atoms in total. The Bertz CT molecular complexity index is 1810. The topological polar surface area (TPSA) is 97.8 Å². The highest BCUT2D eigenvalue weighted by Crippen LogP contribution is 2.35. The molecule has 0 radical (unpaired) electrons. The smallest absolute Gasteiger partial charge is 0.324 e. The van der Waals surface area contributed by atoms with Gasteiger partial charge in [-0.15, -0.1) is 0 Å². The summed E-state index contributed by atoms with van der Waals surface area (Å²) in [7, 11) is -4.02. The molecule has 39 heavy (non-hydrogen) atoms. The first-order valence-electron chi connectivity index (χ1n) is 12.7. The second-order valence-electron chi connectivity index (χ2n) is 9.90. The first-order chi connectivity index (χ1) is 18.7. The number of aryl methyl sites for hydroxylation is 1. The van der Waals surface area contributed by atoms with Crippen molar-refractivity contribution in [3.8, 4) is 0 Å². The Kier molecular flexibility index (Phi) is 5.97. The van der Waals surface area contributed by atoms with E-state index in [2.05, 4.69) is 0 Å². The van der Waals surface area contributed by atoms with Crippen LogP contribution in [0.4, 0.5) is 0 Å². The molecule has 0 aromatic heterocycles. The van der Waals surface area contributed by atoms with E-state index in [1.54, 1.807) is 55.5 Å². The van der Waals surface area contributed by atoms with E-state index in [-0.39, 0.29) is 36.0 Å². The maximum atomic E-state index is 13.7. The Balaban J connectivity index is 1.47. The number of ketones is 2. The summed E-state index contributed by atoms with van der Waals surface area (Å²) >= 11 is 0. The van der Waals surface area contributed by atoms with Gasteiger partial charge in [0.15, 0.2) is 11.6 Å². The number of rotatable bonds is 4. The second-order valence-corrected chi connectivity index (χ2v) is 11.8. The molecule has 2 aliphatic rings. The third-order valence-corrected chi connectivity index (χ3v) is 9.34. The van der Waals surface area contributed by atoms with Gasteiger partial charge in [-0.25, -0.2) is 8.42 Å². The molecule has 0 saturated carbocycles. The van der Waals surface area contributed by atoms with Crippen LogP contribution in [0.2, 0.25) is 0 Å². The molecular formula is C31H25NO6S. The number of fused-ring (bicyclic) bond motifs is 4. The summed E-state index contributed by atoms with van der Waals surface area (Å²) in [6.07, 6.45) is 0.127. The summed E-state index contributed by atoms with van der Waals surface area (Å²) in [5, 5.41) is 1.46. The SMILES string of the molecule is CCOC(=O)C1Cc2cc3cc4c(cc3cc2CN1S(=O)(=O)c1ccc(C)cc1)C(=O)c1ccccc1C4=O. The van der Waals surface area contributed by atoms with Crippen LogP contribution in [0.25, 0.3) is 10.8 Å². The number of sulfonamides is 1. The van der Waals surface area contributed by atoms with E-state index in [4.69, 9.17) is 4.74 Å². The van der Waals surface area contributed by atoms with Gasteiger partial charge in [0, 0.05) is 35.2 Å². The molecule has 6 rings (SSSR count). The van der Waals surface area contributed by atoms with Crippen molar-refractivity contribution in [3.05, 3.63) is 112 Å². The van der Waals surface area contributed by atoms with E-state index in [1.807, 2.05) is 19.1 Å². The van der Waals surface area contributed by atoms with E-state index in [1.165, 1.54) is 16.4 Å². The molecule has 0 saturated heterocycles. The monoisotopic (exact) mass is 539 g/mol. The summed E-state index contributed by atoms with van der Waals surface area (Å²) in [6.45, 7) is 3.65. The zero-order valence-corrected chi connectivity index (χ0v) is 22.2. The van der Waals surface area contributed by atoms with Crippen LogP contribution in [-0.4, -0.2) is 42.9 Å². The van der Waals surface area contributed by atoms with Gasteiger partial charge in [-0.3, -0.25) is 14.4 Å². The molecule has 1 unspecified atom stereocenters. The maximum Gasteiger partial charge on any atom is 0.324 e. The minimum atomic E-state index is -4.02. The third-order valence-electron chi connectivity index (χ3n) is 7.47. The predicted molar refractivity (Wildman–Crippen MR) is 145 cm³/mol. The maximum absolute atomic E-state index is 13.7. The average Bonchev–Trinajstić information content (AvgIpc) is 2.93. The molecule has 0 spiro atoms. The minimum Gasteiger partial charge on any atom is -0.465 e. The Morgan fingerprint density at radius 3 is 1.97 bits per heavy atom. The highest BCUT2D eigenvalue weighted by atomic mass is 32.2. The molecule has 0 bridgehead atoms. The fraction of sp³-hybridized carbons (Fsp3) is 0.194. The molecule has 0 N–H and O–H groups in total. The molecule has 0 fully saturated rings. The minimum absolute atomic E-state index is 0.0300. The van der Waals surface area contributed by atoms with Crippen LogP contribution >= 0.6 is 0 Å². The zero-order chi connectivity index (χ0) is 27.5. The number of benzene rings is 4. The standard InChI is InChI=1S/C31H25NO6S/c1-3-38-31(35)28-16-21-12-19-14-26-27(30(34)25-7-5-4-6-24(25)29(26)33)15-20(19)13-22(21)17-32(28)39(36,37)23-10-8-18(2)9-11-23/h4-15,28H,3,16-17H2,1-2H3. The Hall–Kier alpha value is -4.14. The lowest BCUT2D eigenvalue weighted by Crippen LogP contribution is -2.49. The van der Waals surface area contributed by atoms with E-state index >= 15 is 0 Å². The Morgan fingerprint density at radius 2 is 1.41 bits per heavy atom. The predicted octanol–water partition coefficient (Wildman–Crippen LogP) is 4.60. The summed E-state index contributed by atoms with van der Waals surface area (Å²) in [5.41, 5.74) is 3.87. The van der Waals surface area contributed by atoms with Gasteiger partial charge in [0.25, 0.3) is 0 Å². The first-order valence-corrected chi connectivity index (χ1v) is 14.2. The number of carbonyl (C=O) groups excluding carboxylic acids is 3. The molecule has 0 amide bonds. The van der Waals surface area contributed by atoms with Crippen LogP contribution in [-0.2, 0) is 32.5 Å². The number of esters is 1. The Morgan fingerprint density at radius 1 is 0.846 bits per heavy atom. The van der Waals surface area contributed by atoms with Gasteiger partial charge in [0.05, 0.1) is 11.5 Å². The van der Waals surface area contributed by atoms with Crippen molar-refractivity contribution >= 4 is 38.3 Å². The van der Waals surface area contributed by atoms with Crippen LogP contribution in [0, 0.1) is 6.92 Å². The average molecular weight is 540 g/mol. The van der Waals surface area contributed by atoms with Crippen molar-refractivity contribution in [1.29, 1.82) is 0 Å². The lowest BCUT2D eigenvalue weighted by molar-refractivity contribution is -0.148. The van der Waals surface area contributed by atoms with E-state index < -0.39 is 22.0 Å². The lowest BCUT2D eigenvalue weighted by atomic mass is 9.82. The zero-order valence-electron chi connectivity index (χ0n) is 21.4. The van der Waals surface area contributed by atoms with Gasteiger partial charge in [-0.1, -0.05) is 48.0 Å². The number of ether oxygens (including phenoxy) is 1. The molecular weight excluding hydrogens is 514 g/mol. The molecule has 8 heteroatoms. The number of hydrogen-bond donors (Lipinski definition) is 0. The summed E-state index contributed by atoms with van der Waals surface area (Å²) in [6, 6.07) is 19.4. The number of nitrogens with zero attached hydrogens (tertiary/aromatic N) is 1. The van der Waals surface area contributed by atoms with Gasteiger partial charge < -0.3 is 4.74 Å². The largest absolute Gasteiger partial charge is 0.465 e. The fourth-order valence-electron chi connectivity index (χ4n) is 5.45. The molecule has 1 aliphatic carbocycles. The number of hydrogen-bond acceptors (Lipinski definition) is 6. The van der Waals surface area contributed by atoms with Crippen molar-refractivity contribution < 1.29 is 27.5 Å². The van der Waals surface area contributed by atoms with Crippen molar-refractivity contribution in [2.45, 2.75) is 37.8 Å². The van der Waals surface area contributed by atoms with E-state index in [0.717, 1.165) is 27.5 Å². The quantitative estimate of drug-likeness (QED) is 0.310. The van der Waals surface area contributed by atoms with Gasteiger partial charge in [0.2, 0.25) is 10.0 Å².